The molecular formula is C49H65N10O12S2+. The summed E-state index contributed by atoms with van der Waals surface area (Å²) in [6.45, 7) is 2.83. The average molecular weight is 1050 g/mol. The molecule has 17 N–H and O–H groups in total. The van der Waals surface area contributed by atoms with E-state index in [0.29, 0.717) is 30.5 Å². The predicted molar refractivity (Wildman–Crippen MR) is 273 cm³/mol. The maximum atomic E-state index is 14.7. The number of aliphatic hydroxyl groups is 2. The average Bonchev–Trinajstić information content (AvgIpc) is 3.76. The SMILES string of the molecule is C[C@@H](O)[C@H](NC(=O)[C@@H]1CSSC[C@H](NC(=O)[C@H](N)Cc2ccccc2)C(=O)N[C@@H](Cc2ccc(O)cc2)C(=O)N[C@H](Cc2c[nH]c3ccccc23)C(=O)N[C@@H](CCCC[NH3+])C(=O)N[C@@H]([C@@H](C)O)C(=O)N1)C(=O)O. The fraction of sp³-hybridized carbons (Fsp3) is 0.429. The van der Waals surface area contributed by atoms with Crippen LogP contribution in [0, 0.1) is 0 Å². The minimum atomic E-state index is -1.81. The number of fused-ring (bicyclic) bond motifs is 1. The van der Waals surface area contributed by atoms with Crippen LogP contribution < -0.4 is 48.7 Å². The van der Waals surface area contributed by atoms with Crippen molar-refractivity contribution in [1.82, 2.24) is 42.2 Å². The number of aliphatic carboxylic acids is 1. The number of unbranched alkanes of at least 4 members (excludes halogenated alkanes) is 1. The van der Waals surface area contributed by atoms with E-state index in [4.69, 9.17) is 5.73 Å². The highest BCUT2D eigenvalue weighted by Gasteiger charge is 2.37. The molecule has 4 aromatic rings. The molecule has 0 saturated carbocycles. The third-order valence-electron chi connectivity index (χ3n) is 11.9. The summed E-state index contributed by atoms with van der Waals surface area (Å²) in [4.78, 5) is 115. The maximum Gasteiger partial charge on any atom is 0.328 e. The van der Waals surface area contributed by atoms with Gasteiger partial charge >= 0.3 is 5.97 Å². The summed E-state index contributed by atoms with van der Waals surface area (Å²) >= 11 is 0. The largest absolute Gasteiger partial charge is 0.508 e. The number of carbonyl (C=O) groups is 8. The van der Waals surface area contributed by atoms with Crippen LogP contribution in [0.1, 0.15) is 49.8 Å². The van der Waals surface area contributed by atoms with Gasteiger partial charge in [-0.3, -0.25) is 33.6 Å². The lowest BCUT2D eigenvalue weighted by atomic mass is 10.0. The molecule has 2 heterocycles. The first-order chi connectivity index (χ1) is 34.8. The van der Waals surface area contributed by atoms with Gasteiger partial charge < -0.3 is 74.1 Å². The minimum Gasteiger partial charge on any atom is -0.508 e. The van der Waals surface area contributed by atoms with Gasteiger partial charge in [0.2, 0.25) is 41.4 Å². The number of carbonyl (C=O) groups excluding carboxylic acids is 7. The molecule has 1 aliphatic rings. The molecule has 1 fully saturated rings. The molecule has 0 bridgehead atoms. The van der Waals surface area contributed by atoms with Gasteiger partial charge in [-0.1, -0.05) is 82.3 Å². The lowest BCUT2D eigenvalue weighted by Crippen LogP contribution is -2.62. The Morgan fingerprint density at radius 3 is 2.01 bits per heavy atom. The summed E-state index contributed by atoms with van der Waals surface area (Å²) in [5, 5.41) is 59.7. The van der Waals surface area contributed by atoms with Gasteiger partial charge in [0.05, 0.1) is 24.8 Å². The van der Waals surface area contributed by atoms with Crippen molar-refractivity contribution in [1.29, 1.82) is 0 Å². The number of benzene rings is 3. The molecule has 0 radical (unpaired) electrons. The van der Waals surface area contributed by atoms with Gasteiger partial charge in [-0.25, -0.2) is 4.79 Å². The number of aromatic hydroxyl groups is 1. The number of hydrogen-bond acceptors (Lipinski definition) is 14. The second kappa shape index (κ2) is 27.9. The van der Waals surface area contributed by atoms with Crippen molar-refractivity contribution in [3.05, 3.63) is 102 Å². The number of aromatic amines is 1. The van der Waals surface area contributed by atoms with Crippen LogP contribution >= 0.6 is 21.6 Å². The van der Waals surface area contributed by atoms with E-state index in [1.807, 2.05) is 18.2 Å². The molecular weight excluding hydrogens is 985 g/mol. The van der Waals surface area contributed by atoms with Crippen molar-refractivity contribution in [2.24, 2.45) is 5.73 Å². The number of quaternary nitrogens is 1. The zero-order chi connectivity index (χ0) is 53.2. The zero-order valence-corrected chi connectivity index (χ0v) is 42.0. The summed E-state index contributed by atoms with van der Waals surface area (Å²) < 4.78 is 0. The molecule has 1 aliphatic heterocycles. The van der Waals surface area contributed by atoms with Crippen molar-refractivity contribution in [3.8, 4) is 5.75 Å². The topological polar surface area (TPSA) is 371 Å². The molecule has 24 heteroatoms. The minimum absolute atomic E-state index is 0.0193. The first-order valence-corrected chi connectivity index (χ1v) is 26.2. The van der Waals surface area contributed by atoms with Crippen LogP contribution in [0.25, 0.3) is 10.9 Å². The number of H-pyrrole nitrogens is 1. The van der Waals surface area contributed by atoms with Crippen LogP contribution in [-0.2, 0) is 57.6 Å². The Bertz CT molecular complexity index is 2530. The Balaban J connectivity index is 1.58. The number of nitrogens with two attached hydrogens (primary N) is 1. The standard InChI is InChI=1S/C49H64N10O12S2/c1-26(60)40-48(69)57-39(47(68)59-41(27(2)61)49(70)71)25-73-72-24-38(56-42(63)33(51)20-28-10-4-3-5-11-28)46(67)54-36(21-29-15-17-31(62)18-16-29)44(65)55-37(22-30-23-52-34-13-7-6-12-32(30)34)45(66)53-35(43(64)58-40)14-8-9-19-50/h3-7,10-13,15-18,23,26-27,33,35-41,52,60-62H,8-9,14,19-22,24-25,50-51H2,1-2H3,(H,53,66)(H,54,67)(H,55,65)(H,56,63)(H,57,69)(H,58,64)(H,59,68)(H,70,71)/p+1/t26-,27-,33-,35+,36+,37-,38+,39+,40+,41+/m1/s1. The van der Waals surface area contributed by atoms with Crippen LogP contribution in [0.5, 0.6) is 5.75 Å². The van der Waals surface area contributed by atoms with Crippen molar-refractivity contribution >= 4 is 79.8 Å². The van der Waals surface area contributed by atoms with E-state index in [9.17, 15) is 58.8 Å². The Kier molecular flexibility index (Phi) is 21.9. The van der Waals surface area contributed by atoms with Crippen LogP contribution in [0.2, 0.25) is 0 Å². The molecule has 0 aliphatic carbocycles. The van der Waals surface area contributed by atoms with Crippen LogP contribution in [0.3, 0.4) is 0 Å². The van der Waals surface area contributed by atoms with Gasteiger partial charge in [0.15, 0.2) is 6.04 Å². The molecule has 0 spiro atoms. The fourth-order valence-electron chi connectivity index (χ4n) is 7.82. The van der Waals surface area contributed by atoms with Crippen molar-refractivity contribution in [3.63, 3.8) is 0 Å². The summed E-state index contributed by atoms with van der Waals surface area (Å²) in [7, 11) is 1.87. The molecule has 10 atom stereocenters. The Hall–Kier alpha value is -6.70. The van der Waals surface area contributed by atoms with Crippen molar-refractivity contribution in [2.75, 3.05) is 18.1 Å². The van der Waals surface area contributed by atoms with Gasteiger partial charge in [-0.05, 0) is 74.4 Å². The number of amides is 7. The number of aliphatic hydroxyl groups excluding tert-OH is 2. The molecule has 22 nitrogen and oxygen atoms in total. The van der Waals surface area contributed by atoms with Crippen LogP contribution in [0.15, 0.2) is 85.1 Å². The number of carboxylic acid groups (broad SMARTS) is 1. The normalized spacial score (nSPS) is 22.5. The van der Waals surface area contributed by atoms with E-state index in [0.717, 1.165) is 45.0 Å². The molecule has 0 unspecified atom stereocenters. The lowest BCUT2D eigenvalue weighted by molar-refractivity contribution is -0.368. The fourth-order valence-corrected chi connectivity index (χ4v) is 10.1. The van der Waals surface area contributed by atoms with E-state index in [2.05, 4.69) is 47.9 Å². The number of carboxylic acids is 1. The molecule has 1 saturated heterocycles. The first kappa shape index (κ1) is 57.2. The smallest absolute Gasteiger partial charge is 0.328 e. The van der Waals surface area contributed by atoms with E-state index in [1.54, 1.807) is 42.6 Å². The van der Waals surface area contributed by atoms with E-state index >= 15 is 0 Å². The summed E-state index contributed by atoms with van der Waals surface area (Å²) in [5.41, 5.74) is 12.8. The maximum absolute atomic E-state index is 14.7. The Morgan fingerprint density at radius 1 is 0.740 bits per heavy atom. The second-order valence-corrected chi connectivity index (χ2v) is 20.3. The molecule has 73 heavy (non-hydrogen) atoms. The number of aromatic nitrogens is 1. The van der Waals surface area contributed by atoms with Crippen molar-refractivity contribution < 1.29 is 64.5 Å². The van der Waals surface area contributed by atoms with Crippen molar-refractivity contribution in [2.45, 2.75) is 113 Å². The van der Waals surface area contributed by atoms with Crippen LogP contribution in [-0.4, -0.2) is 151 Å². The van der Waals surface area contributed by atoms with Gasteiger partial charge in [0, 0.05) is 41.4 Å². The predicted octanol–water partition coefficient (Wildman–Crippen LogP) is -1.72. The lowest BCUT2D eigenvalue weighted by Gasteiger charge is -2.29. The molecule has 394 valence electrons. The zero-order valence-electron chi connectivity index (χ0n) is 40.4. The summed E-state index contributed by atoms with van der Waals surface area (Å²) in [6.07, 6.45) is -0.781. The Labute approximate surface area is 429 Å². The van der Waals surface area contributed by atoms with Gasteiger partial charge in [0.1, 0.15) is 42.0 Å². The second-order valence-electron chi connectivity index (χ2n) is 17.7. The molecule has 7 amide bonds. The van der Waals surface area contributed by atoms with E-state index in [1.165, 1.54) is 31.2 Å². The summed E-state index contributed by atoms with van der Waals surface area (Å²) in [5.74, 6) is -8.50. The van der Waals surface area contributed by atoms with Crippen LogP contribution in [0.4, 0.5) is 0 Å². The van der Waals surface area contributed by atoms with Gasteiger partial charge in [-0.2, -0.15) is 0 Å². The van der Waals surface area contributed by atoms with E-state index < -0.39 is 108 Å². The number of phenolic OH excluding ortho intramolecular Hbond substituents is 1. The molecule has 3 aromatic carbocycles. The summed E-state index contributed by atoms with van der Waals surface area (Å²) in [6, 6.07) is 10.1. The van der Waals surface area contributed by atoms with Gasteiger partial charge in [-0.15, -0.1) is 0 Å². The monoisotopic (exact) mass is 1050 g/mol. The number of phenols is 1. The highest BCUT2D eigenvalue weighted by atomic mass is 33.1. The number of para-hydroxylation sites is 1. The number of hydrogen-bond donors (Lipinski definition) is 14. The number of nitrogens with one attached hydrogen (secondary N) is 8. The molecule has 5 rings (SSSR count). The third kappa shape index (κ3) is 17.2. The highest BCUT2D eigenvalue weighted by Crippen LogP contribution is 2.25. The van der Waals surface area contributed by atoms with Gasteiger partial charge in [0.25, 0.3) is 0 Å². The van der Waals surface area contributed by atoms with E-state index in [-0.39, 0.29) is 42.9 Å². The third-order valence-corrected chi connectivity index (χ3v) is 14.4. The highest BCUT2D eigenvalue weighted by molar-refractivity contribution is 8.76. The quantitative estimate of drug-likeness (QED) is 0.0413. The number of rotatable bonds is 17. The first-order valence-electron chi connectivity index (χ1n) is 23.7. The Morgan fingerprint density at radius 2 is 1.36 bits per heavy atom. The molecule has 1 aromatic heterocycles.